The topological polar surface area (TPSA) is 125 Å². The van der Waals surface area contributed by atoms with Gasteiger partial charge >= 0.3 is 17.1 Å². The Hall–Kier alpha value is -5.72. The molecule has 13 heteroatoms. The van der Waals surface area contributed by atoms with E-state index in [9.17, 15) is 0 Å². The van der Waals surface area contributed by atoms with E-state index in [0.29, 0.717) is 34.2 Å². The van der Waals surface area contributed by atoms with E-state index in [-0.39, 0.29) is 27.4 Å². The maximum atomic E-state index is 5.23. The molecule has 0 fully saturated rings. The second-order valence-corrected chi connectivity index (χ2v) is 10.3. The van der Waals surface area contributed by atoms with E-state index in [4.69, 9.17) is 25.3 Å². The van der Waals surface area contributed by atoms with Crippen LogP contribution in [-0.4, -0.2) is 41.7 Å². The van der Waals surface area contributed by atoms with E-state index in [1.807, 2.05) is 133 Å². The molecule has 0 atom stereocenters. The van der Waals surface area contributed by atoms with Gasteiger partial charge in [-0.05, 0) is 72.8 Å². The maximum Gasteiger partial charge on any atom is 2.00 e. The maximum absolute atomic E-state index is 5.23. The summed E-state index contributed by atoms with van der Waals surface area (Å²) in [5.74, 6) is 0. The molecule has 0 spiro atoms. The molecule has 0 saturated carbocycles. The van der Waals surface area contributed by atoms with E-state index in [0.717, 1.165) is 11.4 Å². The number of aromatic nitrogens is 4. The second-order valence-electron chi connectivity index (χ2n) is 9.51. The van der Waals surface area contributed by atoms with Gasteiger partial charge in [-0.1, -0.05) is 60.7 Å². The van der Waals surface area contributed by atoms with Gasteiger partial charge in [0.05, 0.1) is 34.2 Å². The molecule has 6 rings (SSSR count). The van der Waals surface area contributed by atoms with Crippen LogP contribution in [0.4, 0.5) is 11.4 Å². The van der Waals surface area contributed by atoms with Crippen molar-refractivity contribution in [1.82, 2.24) is 30.8 Å². The zero-order valence-corrected chi connectivity index (χ0v) is 28.6. The summed E-state index contributed by atoms with van der Waals surface area (Å²) in [6.45, 7) is 0. The standard InChI is InChI=1S/2C18H15N5S.Mn/c2*24-18(21-14-8-2-1-3-9-14)23-22-17(15-10-4-6-12-19-15)16-11-5-7-13-20-16;/h2*1-13H,(H2,21,23,24);/q;;+2/p-2. The summed E-state index contributed by atoms with van der Waals surface area (Å²) in [6.07, 6.45) is 6.84. The van der Waals surface area contributed by atoms with Crippen molar-refractivity contribution in [2.24, 2.45) is 20.2 Å². The number of hydrazone groups is 2. The smallest absolute Gasteiger partial charge is 0.741 e. The first-order valence-electron chi connectivity index (χ1n) is 14.6. The second kappa shape index (κ2) is 19.8. The fraction of sp³-hybridized carbons (Fsp3) is 0. The molecule has 6 aromatic rings. The molecule has 0 bridgehead atoms. The van der Waals surface area contributed by atoms with E-state index < -0.39 is 0 Å². The van der Waals surface area contributed by atoms with Crippen LogP contribution in [0.5, 0.6) is 0 Å². The van der Waals surface area contributed by atoms with Gasteiger partial charge in [-0.25, -0.2) is 0 Å². The predicted molar refractivity (Wildman–Crippen MR) is 196 cm³/mol. The minimum absolute atomic E-state index is 0. The molecule has 49 heavy (non-hydrogen) atoms. The van der Waals surface area contributed by atoms with Gasteiger partial charge in [-0.2, -0.15) is 10.2 Å². The third-order valence-corrected chi connectivity index (χ3v) is 6.50. The van der Waals surface area contributed by atoms with Gasteiger partial charge in [0.2, 0.25) is 0 Å². The van der Waals surface area contributed by atoms with Crippen molar-refractivity contribution < 1.29 is 17.1 Å². The van der Waals surface area contributed by atoms with Crippen LogP contribution in [0.1, 0.15) is 22.8 Å². The summed E-state index contributed by atoms with van der Waals surface area (Å²) in [6, 6.07) is 41.4. The number of rotatable bonds is 8. The number of hydrogen-bond acceptors (Lipinski definition) is 10. The Kier molecular flexibility index (Phi) is 14.6. The van der Waals surface area contributed by atoms with Gasteiger partial charge in [0, 0.05) is 35.1 Å². The van der Waals surface area contributed by atoms with Gasteiger partial charge in [0.1, 0.15) is 11.4 Å². The summed E-state index contributed by atoms with van der Waals surface area (Å²) < 4.78 is 0. The Morgan fingerprint density at radius 3 is 0.959 bits per heavy atom. The van der Waals surface area contributed by atoms with Crippen LogP contribution in [0.15, 0.2) is 178 Å². The number of benzene rings is 2. The number of hydrogen-bond donors (Lipinski definition) is 2. The number of para-hydroxylation sites is 2. The monoisotopic (exact) mass is 719 g/mol. The van der Waals surface area contributed by atoms with Crippen LogP contribution in [0.2, 0.25) is 0 Å². The molecular weight excluding hydrogens is 692 g/mol. The predicted octanol–water partition coefficient (Wildman–Crippen LogP) is 6.10. The van der Waals surface area contributed by atoms with Gasteiger partial charge in [0.25, 0.3) is 0 Å². The molecule has 4 heterocycles. The first-order chi connectivity index (χ1) is 23.7. The quantitative estimate of drug-likeness (QED) is 0.0636. The van der Waals surface area contributed by atoms with Crippen molar-refractivity contribution in [2.75, 3.05) is 0 Å². The number of amidine groups is 2. The third-order valence-electron chi connectivity index (χ3n) is 6.13. The molecule has 1 radical (unpaired) electrons. The summed E-state index contributed by atoms with van der Waals surface area (Å²) in [5.41, 5.74) is 11.1. The minimum Gasteiger partial charge on any atom is -0.741 e. The van der Waals surface area contributed by atoms with Gasteiger partial charge in [0.15, 0.2) is 0 Å². The largest absolute Gasteiger partial charge is 2.00 e. The molecule has 10 nitrogen and oxygen atoms in total. The first kappa shape index (κ1) is 36.1. The molecule has 2 aromatic carbocycles. The Labute approximate surface area is 306 Å². The Morgan fingerprint density at radius 1 is 0.408 bits per heavy atom. The van der Waals surface area contributed by atoms with Crippen molar-refractivity contribution in [3.63, 3.8) is 0 Å². The van der Waals surface area contributed by atoms with Crippen molar-refractivity contribution in [3.8, 4) is 0 Å². The van der Waals surface area contributed by atoms with Crippen LogP contribution >= 0.6 is 0 Å². The van der Waals surface area contributed by atoms with Crippen molar-refractivity contribution in [3.05, 3.63) is 181 Å². The molecule has 0 aliphatic carbocycles. The van der Waals surface area contributed by atoms with Crippen molar-refractivity contribution in [1.29, 1.82) is 0 Å². The summed E-state index contributed by atoms with van der Waals surface area (Å²) in [4.78, 5) is 25.9. The van der Waals surface area contributed by atoms with Gasteiger partial charge < -0.3 is 25.3 Å². The average Bonchev–Trinajstić information content (AvgIpc) is 3.15. The van der Waals surface area contributed by atoms with Gasteiger partial charge in [-0.3, -0.25) is 40.8 Å². The number of pyridine rings is 4. The third kappa shape index (κ3) is 11.8. The molecule has 241 valence electrons. The molecule has 0 saturated heterocycles. The van der Waals surface area contributed by atoms with Crippen LogP contribution in [-0.2, 0) is 42.3 Å². The van der Waals surface area contributed by atoms with E-state index in [1.54, 1.807) is 24.8 Å². The number of nitrogens with zero attached hydrogens (tertiary/aromatic N) is 8. The van der Waals surface area contributed by atoms with E-state index in [2.05, 4.69) is 51.0 Å². The van der Waals surface area contributed by atoms with Crippen molar-refractivity contribution >= 4 is 58.4 Å². The Bertz CT molecular complexity index is 1740. The Morgan fingerprint density at radius 2 is 0.694 bits per heavy atom. The molecule has 0 aliphatic heterocycles. The molecule has 2 N–H and O–H groups in total. The van der Waals surface area contributed by atoms with Crippen LogP contribution in [0.3, 0.4) is 0 Å². The molecular formula is C36H28MnN10S2. The zero-order valence-electron chi connectivity index (χ0n) is 25.8. The minimum atomic E-state index is 0. The van der Waals surface area contributed by atoms with Crippen LogP contribution in [0.25, 0.3) is 0 Å². The molecule has 4 aromatic heterocycles. The number of nitrogens with one attached hydrogen (secondary N) is 2. The van der Waals surface area contributed by atoms with Gasteiger partial charge in [-0.15, -0.1) is 0 Å². The van der Waals surface area contributed by atoms with Crippen LogP contribution < -0.4 is 10.9 Å². The van der Waals surface area contributed by atoms with E-state index in [1.165, 1.54) is 0 Å². The first-order valence-corrected chi connectivity index (χ1v) is 15.4. The summed E-state index contributed by atoms with van der Waals surface area (Å²) >= 11 is 10.5. The molecule has 0 unspecified atom stereocenters. The average molecular weight is 720 g/mol. The normalized spacial score (nSPS) is 10.7. The zero-order chi connectivity index (χ0) is 33.2. The fourth-order valence-electron chi connectivity index (χ4n) is 4.00. The summed E-state index contributed by atoms with van der Waals surface area (Å²) in [5, 5.41) is 9.27. The molecule has 0 amide bonds. The molecule has 0 aliphatic rings. The fourth-order valence-corrected chi connectivity index (χ4v) is 4.30. The van der Waals surface area contributed by atoms with Crippen LogP contribution in [0, 0.1) is 0 Å². The summed E-state index contributed by atoms with van der Waals surface area (Å²) in [7, 11) is 0. The number of aliphatic imine (C=N–C) groups is 2. The van der Waals surface area contributed by atoms with Crippen molar-refractivity contribution in [2.45, 2.75) is 0 Å². The Balaban J connectivity index is 0.000000216. The van der Waals surface area contributed by atoms with E-state index >= 15 is 0 Å². The SMILES string of the molecule is [Mn+2].[S-]C(=Nc1ccccc1)NN=C(c1ccccn1)c1ccccn1.[S-]C(=Nc1ccccc1)NN=C(c1ccccn1)c1ccccn1.